The maximum absolute atomic E-state index is 12.8. The summed E-state index contributed by atoms with van der Waals surface area (Å²) in [6, 6.07) is 12.8. The fourth-order valence-corrected chi connectivity index (χ4v) is 4.70. The van der Waals surface area contributed by atoms with E-state index in [1.807, 2.05) is 42.1 Å². The highest BCUT2D eigenvalue weighted by molar-refractivity contribution is 7.89. The van der Waals surface area contributed by atoms with E-state index >= 15 is 0 Å². The minimum absolute atomic E-state index is 0.209. The lowest BCUT2D eigenvalue weighted by Gasteiger charge is -2.23. The Balaban J connectivity index is 1.68. The van der Waals surface area contributed by atoms with Crippen LogP contribution in [-0.2, 0) is 23.5 Å². The zero-order valence-corrected chi connectivity index (χ0v) is 14.3. The van der Waals surface area contributed by atoms with Crippen molar-refractivity contribution >= 4 is 20.8 Å². The Hall–Kier alpha value is -2.18. The average molecular weight is 341 g/mol. The molecule has 0 spiro atoms. The van der Waals surface area contributed by atoms with Crippen LogP contribution < -0.4 is 4.72 Å². The van der Waals surface area contributed by atoms with Gasteiger partial charge < -0.3 is 0 Å². The molecule has 2 aromatic carbocycles. The van der Waals surface area contributed by atoms with Gasteiger partial charge in [0.2, 0.25) is 10.0 Å². The molecule has 1 aromatic heterocycles. The van der Waals surface area contributed by atoms with Crippen LogP contribution in [-0.4, -0.2) is 18.2 Å². The summed E-state index contributed by atoms with van der Waals surface area (Å²) >= 11 is 0. The normalized spacial score (nSPS) is 17.8. The van der Waals surface area contributed by atoms with E-state index in [9.17, 15) is 8.42 Å². The summed E-state index contributed by atoms with van der Waals surface area (Å²) in [4.78, 5) is 0.303. The molecule has 0 saturated carbocycles. The van der Waals surface area contributed by atoms with Crippen molar-refractivity contribution in [2.24, 2.45) is 7.05 Å². The first kappa shape index (κ1) is 15.4. The van der Waals surface area contributed by atoms with Crippen molar-refractivity contribution in [3.05, 3.63) is 59.9 Å². The number of hydrogen-bond acceptors (Lipinski definition) is 3. The topological polar surface area (TPSA) is 64.0 Å². The first-order chi connectivity index (χ1) is 11.5. The fraction of sp³-hybridized carbons (Fsp3) is 0.278. The van der Waals surface area contributed by atoms with Gasteiger partial charge >= 0.3 is 0 Å². The first-order valence-corrected chi connectivity index (χ1v) is 9.55. The lowest BCUT2D eigenvalue weighted by atomic mass is 9.94. The summed E-state index contributed by atoms with van der Waals surface area (Å²) in [5.41, 5.74) is 2.11. The predicted octanol–water partition coefficient (Wildman–Crippen LogP) is 2.93. The van der Waals surface area contributed by atoms with Crippen LogP contribution in [0, 0.1) is 0 Å². The van der Waals surface area contributed by atoms with E-state index in [1.54, 1.807) is 18.3 Å². The van der Waals surface area contributed by atoms with Crippen LogP contribution in [0.3, 0.4) is 0 Å². The van der Waals surface area contributed by atoms with Crippen LogP contribution in [0.2, 0.25) is 0 Å². The Morgan fingerprint density at radius 3 is 2.79 bits per heavy atom. The van der Waals surface area contributed by atoms with E-state index in [4.69, 9.17) is 0 Å². The van der Waals surface area contributed by atoms with Gasteiger partial charge in [0.15, 0.2) is 0 Å². The molecule has 6 heteroatoms. The number of nitrogens with zero attached hydrogens (tertiary/aromatic N) is 2. The molecule has 0 saturated heterocycles. The zero-order valence-electron chi connectivity index (χ0n) is 13.4. The van der Waals surface area contributed by atoms with Crippen LogP contribution >= 0.6 is 0 Å². The van der Waals surface area contributed by atoms with E-state index < -0.39 is 10.0 Å². The molecule has 0 amide bonds. The van der Waals surface area contributed by atoms with Crippen molar-refractivity contribution in [1.29, 1.82) is 0 Å². The Bertz CT molecular complexity index is 1010. The predicted molar refractivity (Wildman–Crippen MR) is 93.2 cm³/mol. The summed E-state index contributed by atoms with van der Waals surface area (Å²) in [6.45, 7) is 0. The Kier molecular flexibility index (Phi) is 3.66. The minimum Gasteiger partial charge on any atom is -0.272 e. The highest BCUT2D eigenvalue weighted by Gasteiger charge is 2.28. The molecule has 1 aliphatic carbocycles. The number of hydrogen-bond donors (Lipinski definition) is 1. The Morgan fingerprint density at radius 1 is 1.17 bits per heavy atom. The van der Waals surface area contributed by atoms with E-state index in [0.29, 0.717) is 4.90 Å². The summed E-state index contributed by atoms with van der Waals surface area (Å²) in [5, 5.41) is 6.23. The maximum atomic E-state index is 12.8. The van der Waals surface area contributed by atoms with E-state index in [1.165, 1.54) is 0 Å². The first-order valence-electron chi connectivity index (χ1n) is 8.06. The number of fused-ring (bicyclic) bond motifs is 2. The zero-order chi connectivity index (χ0) is 16.7. The van der Waals surface area contributed by atoms with Gasteiger partial charge in [-0.1, -0.05) is 30.3 Å². The molecule has 0 bridgehead atoms. The summed E-state index contributed by atoms with van der Waals surface area (Å²) in [6.07, 6.45) is 4.48. The van der Waals surface area contributed by atoms with Gasteiger partial charge in [0.05, 0.1) is 17.1 Å². The standard InChI is InChI=1S/C18H19N3O2S/c1-21-18-8-4-7-17(16(18)12-19-21)20-24(22,23)15-10-9-13-5-2-3-6-14(13)11-15/h2-3,5-6,9-12,17,20H,4,7-8H2,1H3/t17-/m1/s1. The number of aryl methyl sites for hydroxylation is 1. The maximum Gasteiger partial charge on any atom is 0.241 e. The largest absolute Gasteiger partial charge is 0.272 e. The van der Waals surface area contributed by atoms with Crippen LogP contribution in [0.4, 0.5) is 0 Å². The third kappa shape index (κ3) is 2.61. The molecule has 0 aliphatic heterocycles. The monoisotopic (exact) mass is 341 g/mol. The SMILES string of the molecule is Cn1ncc2c1CCC[C@H]2NS(=O)(=O)c1ccc2ccccc2c1. The summed E-state index contributed by atoms with van der Waals surface area (Å²) in [5.74, 6) is 0. The van der Waals surface area contributed by atoms with E-state index in [2.05, 4.69) is 9.82 Å². The number of benzene rings is 2. The van der Waals surface area contributed by atoms with Gasteiger partial charge in [-0.15, -0.1) is 0 Å². The van der Waals surface area contributed by atoms with Crippen molar-refractivity contribution in [3.8, 4) is 0 Å². The molecule has 4 rings (SSSR count). The molecule has 0 fully saturated rings. The highest BCUT2D eigenvalue weighted by Crippen LogP contribution is 2.31. The second-order valence-electron chi connectivity index (χ2n) is 6.25. The number of rotatable bonds is 3. The van der Waals surface area contributed by atoms with Crippen molar-refractivity contribution in [3.63, 3.8) is 0 Å². The Morgan fingerprint density at radius 2 is 1.96 bits per heavy atom. The summed E-state index contributed by atoms with van der Waals surface area (Å²) in [7, 11) is -1.67. The number of nitrogens with one attached hydrogen (secondary N) is 1. The van der Waals surface area contributed by atoms with Crippen molar-refractivity contribution in [2.75, 3.05) is 0 Å². The molecule has 0 unspecified atom stereocenters. The van der Waals surface area contributed by atoms with Crippen molar-refractivity contribution < 1.29 is 8.42 Å². The quantitative estimate of drug-likeness (QED) is 0.797. The molecular formula is C18H19N3O2S. The molecular weight excluding hydrogens is 322 g/mol. The van der Waals surface area contributed by atoms with Crippen molar-refractivity contribution in [1.82, 2.24) is 14.5 Å². The third-order valence-electron chi connectivity index (χ3n) is 4.70. The van der Waals surface area contributed by atoms with Gasteiger partial charge in [0, 0.05) is 18.3 Å². The second kappa shape index (κ2) is 5.72. The van der Waals surface area contributed by atoms with Crippen LogP contribution in [0.1, 0.15) is 30.1 Å². The number of sulfonamides is 1. The molecule has 3 aromatic rings. The molecule has 5 nitrogen and oxygen atoms in total. The molecule has 1 atom stereocenters. The molecule has 24 heavy (non-hydrogen) atoms. The third-order valence-corrected chi connectivity index (χ3v) is 6.17. The molecule has 1 heterocycles. The van der Waals surface area contributed by atoms with Gasteiger partial charge in [-0.3, -0.25) is 4.68 Å². The highest BCUT2D eigenvalue weighted by atomic mass is 32.2. The molecule has 1 N–H and O–H groups in total. The second-order valence-corrected chi connectivity index (χ2v) is 7.96. The van der Waals surface area contributed by atoms with Crippen LogP contribution in [0.5, 0.6) is 0 Å². The molecule has 124 valence electrons. The Labute approximate surface area is 141 Å². The lowest BCUT2D eigenvalue weighted by molar-refractivity contribution is 0.498. The van der Waals surface area contributed by atoms with Gasteiger partial charge in [-0.05, 0) is 42.2 Å². The van der Waals surface area contributed by atoms with Crippen molar-refractivity contribution in [2.45, 2.75) is 30.2 Å². The molecule has 0 radical (unpaired) electrons. The van der Waals surface area contributed by atoms with Gasteiger partial charge in [0.1, 0.15) is 0 Å². The summed E-state index contributed by atoms with van der Waals surface area (Å²) < 4.78 is 30.3. The van der Waals surface area contributed by atoms with E-state index in [0.717, 1.165) is 41.3 Å². The van der Waals surface area contributed by atoms with Crippen LogP contribution in [0.15, 0.2) is 53.6 Å². The van der Waals surface area contributed by atoms with Crippen LogP contribution in [0.25, 0.3) is 10.8 Å². The smallest absolute Gasteiger partial charge is 0.241 e. The lowest BCUT2D eigenvalue weighted by Crippen LogP contribution is -2.31. The molecule has 1 aliphatic rings. The average Bonchev–Trinajstić information content (AvgIpc) is 2.97. The van der Waals surface area contributed by atoms with Gasteiger partial charge in [-0.2, -0.15) is 5.10 Å². The number of aromatic nitrogens is 2. The fourth-order valence-electron chi connectivity index (χ4n) is 3.42. The minimum atomic E-state index is -3.57. The van der Waals surface area contributed by atoms with Gasteiger partial charge in [-0.25, -0.2) is 13.1 Å². The van der Waals surface area contributed by atoms with Gasteiger partial charge in [0.25, 0.3) is 0 Å². The van der Waals surface area contributed by atoms with E-state index in [-0.39, 0.29) is 6.04 Å².